The molecule has 0 fully saturated rings. The fraction of sp³-hybridized carbons (Fsp3) is 0.318. The van der Waals surface area contributed by atoms with Crippen LogP contribution in [0, 0.1) is 13.8 Å². The number of benzene rings is 2. The number of carbonyl (C=O) groups is 3. The number of alkyl halides is 3. The molecule has 0 radical (unpaired) electrons. The Morgan fingerprint density at radius 2 is 1.65 bits per heavy atom. The molecule has 0 heterocycles. The molecule has 31 heavy (non-hydrogen) atoms. The van der Waals surface area contributed by atoms with Crippen LogP contribution < -0.4 is 5.32 Å². The van der Waals surface area contributed by atoms with Crippen LogP contribution in [0.25, 0.3) is 0 Å². The summed E-state index contributed by atoms with van der Waals surface area (Å²) in [5, 5.41) is 2.75. The minimum absolute atomic E-state index is 0.119. The molecule has 0 aromatic heterocycles. The standard InChI is InChI=1S/C22H23F3N2O4/c1-14-6-4-7-15(2)21(14)26-18(28)12-27(3)19(29)13-31-20(30)11-16-8-5-9-17(10-16)22(23,24)25/h4-10H,11-13H2,1-3H3,(H,26,28). The Balaban J connectivity index is 1.83. The molecule has 0 spiro atoms. The average Bonchev–Trinajstić information content (AvgIpc) is 2.68. The van der Waals surface area contributed by atoms with Crippen LogP contribution in [0.15, 0.2) is 42.5 Å². The summed E-state index contributed by atoms with van der Waals surface area (Å²) in [6.07, 6.45) is -4.93. The minimum Gasteiger partial charge on any atom is -0.455 e. The maximum atomic E-state index is 12.7. The predicted molar refractivity (Wildman–Crippen MR) is 108 cm³/mol. The van der Waals surface area contributed by atoms with Gasteiger partial charge in [-0.25, -0.2) is 0 Å². The summed E-state index contributed by atoms with van der Waals surface area (Å²) in [5.74, 6) is -1.88. The molecule has 0 aliphatic heterocycles. The molecule has 0 aliphatic rings. The van der Waals surface area contributed by atoms with Crippen LogP contribution in [-0.2, 0) is 31.7 Å². The minimum atomic E-state index is -4.52. The molecule has 6 nitrogen and oxygen atoms in total. The van der Waals surface area contributed by atoms with Gasteiger partial charge < -0.3 is 15.0 Å². The van der Waals surface area contributed by atoms with E-state index >= 15 is 0 Å². The van der Waals surface area contributed by atoms with Gasteiger partial charge in [0.2, 0.25) is 5.91 Å². The number of para-hydroxylation sites is 1. The maximum Gasteiger partial charge on any atom is 0.416 e. The smallest absolute Gasteiger partial charge is 0.416 e. The number of anilines is 1. The topological polar surface area (TPSA) is 75.7 Å². The summed E-state index contributed by atoms with van der Waals surface area (Å²) >= 11 is 0. The molecular weight excluding hydrogens is 413 g/mol. The second-order valence-electron chi connectivity index (χ2n) is 7.10. The zero-order chi connectivity index (χ0) is 23.2. The van der Waals surface area contributed by atoms with E-state index < -0.39 is 42.6 Å². The van der Waals surface area contributed by atoms with Crippen LogP contribution >= 0.6 is 0 Å². The van der Waals surface area contributed by atoms with E-state index in [1.54, 1.807) is 0 Å². The Morgan fingerprint density at radius 1 is 1.03 bits per heavy atom. The fourth-order valence-electron chi connectivity index (χ4n) is 2.82. The van der Waals surface area contributed by atoms with Gasteiger partial charge >= 0.3 is 12.1 Å². The van der Waals surface area contributed by atoms with Crippen molar-refractivity contribution in [2.24, 2.45) is 0 Å². The van der Waals surface area contributed by atoms with Gasteiger partial charge in [0, 0.05) is 12.7 Å². The molecule has 2 aromatic carbocycles. The Labute approximate surface area is 178 Å². The van der Waals surface area contributed by atoms with Gasteiger partial charge in [-0.15, -0.1) is 0 Å². The molecule has 2 amide bonds. The van der Waals surface area contributed by atoms with Crippen molar-refractivity contribution in [1.29, 1.82) is 0 Å². The fourth-order valence-corrected chi connectivity index (χ4v) is 2.82. The van der Waals surface area contributed by atoms with Gasteiger partial charge in [0.15, 0.2) is 6.61 Å². The summed E-state index contributed by atoms with van der Waals surface area (Å²) in [7, 11) is 1.38. The van der Waals surface area contributed by atoms with Crippen molar-refractivity contribution in [3.63, 3.8) is 0 Å². The zero-order valence-corrected chi connectivity index (χ0v) is 17.4. The van der Waals surface area contributed by atoms with Gasteiger partial charge in [0.05, 0.1) is 18.5 Å². The first kappa shape index (κ1) is 23.9. The molecular formula is C22H23F3N2O4. The quantitative estimate of drug-likeness (QED) is 0.674. The number of ether oxygens (including phenoxy) is 1. The lowest BCUT2D eigenvalue weighted by molar-refractivity contribution is -0.151. The number of carbonyl (C=O) groups excluding carboxylic acids is 3. The van der Waals surface area contributed by atoms with Gasteiger partial charge in [-0.3, -0.25) is 14.4 Å². The molecule has 2 rings (SSSR count). The Kier molecular flexibility index (Phi) is 7.79. The summed E-state index contributed by atoms with van der Waals surface area (Å²) in [5.41, 5.74) is 1.68. The Morgan fingerprint density at radius 3 is 2.26 bits per heavy atom. The summed E-state index contributed by atoms with van der Waals surface area (Å²) in [6.45, 7) is 2.82. The highest BCUT2D eigenvalue weighted by Gasteiger charge is 2.30. The first-order valence-electron chi connectivity index (χ1n) is 9.39. The van der Waals surface area contributed by atoms with Gasteiger partial charge in [-0.05, 0) is 36.6 Å². The maximum absolute atomic E-state index is 12.7. The lowest BCUT2D eigenvalue weighted by atomic mass is 10.1. The molecule has 2 aromatic rings. The van der Waals surface area contributed by atoms with E-state index in [1.165, 1.54) is 19.2 Å². The van der Waals surface area contributed by atoms with Crippen molar-refractivity contribution in [3.05, 3.63) is 64.7 Å². The first-order chi connectivity index (χ1) is 14.5. The highest BCUT2D eigenvalue weighted by atomic mass is 19.4. The second kappa shape index (κ2) is 10.1. The molecule has 0 saturated carbocycles. The van der Waals surface area contributed by atoms with E-state index in [9.17, 15) is 27.6 Å². The number of nitrogens with zero attached hydrogens (tertiary/aromatic N) is 1. The van der Waals surface area contributed by atoms with Gasteiger partial charge in [-0.2, -0.15) is 13.2 Å². The number of rotatable bonds is 7. The number of hydrogen-bond acceptors (Lipinski definition) is 4. The number of likely N-dealkylation sites (N-methyl/N-ethyl adjacent to an activating group) is 1. The molecule has 0 aliphatic carbocycles. The molecule has 0 saturated heterocycles. The number of amides is 2. The van der Waals surface area contributed by atoms with E-state index in [4.69, 9.17) is 4.74 Å². The molecule has 166 valence electrons. The lowest BCUT2D eigenvalue weighted by Crippen LogP contribution is -2.37. The van der Waals surface area contributed by atoms with Crippen LogP contribution in [0.3, 0.4) is 0 Å². The monoisotopic (exact) mass is 436 g/mol. The van der Waals surface area contributed by atoms with Crippen LogP contribution in [-0.4, -0.2) is 42.9 Å². The predicted octanol–water partition coefficient (Wildman–Crippen LogP) is 3.51. The normalized spacial score (nSPS) is 11.0. The molecule has 1 N–H and O–H groups in total. The largest absolute Gasteiger partial charge is 0.455 e. The highest BCUT2D eigenvalue weighted by molar-refractivity contribution is 5.96. The zero-order valence-electron chi connectivity index (χ0n) is 17.4. The van der Waals surface area contributed by atoms with Gasteiger partial charge in [0.1, 0.15) is 0 Å². The third-order valence-electron chi connectivity index (χ3n) is 4.51. The van der Waals surface area contributed by atoms with E-state index in [0.717, 1.165) is 28.2 Å². The molecule has 0 unspecified atom stereocenters. The number of halogens is 3. The van der Waals surface area contributed by atoms with E-state index in [2.05, 4.69) is 5.32 Å². The second-order valence-corrected chi connectivity index (χ2v) is 7.10. The highest BCUT2D eigenvalue weighted by Crippen LogP contribution is 2.29. The summed E-state index contributed by atoms with van der Waals surface area (Å²) in [6, 6.07) is 9.87. The summed E-state index contributed by atoms with van der Waals surface area (Å²) in [4.78, 5) is 37.3. The van der Waals surface area contributed by atoms with Crippen LogP contribution in [0.2, 0.25) is 0 Å². The van der Waals surface area contributed by atoms with E-state index in [0.29, 0.717) is 5.69 Å². The van der Waals surface area contributed by atoms with Crippen LogP contribution in [0.5, 0.6) is 0 Å². The van der Waals surface area contributed by atoms with E-state index in [1.807, 2.05) is 32.0 Å². The Hall–Kier alpha value is -3.36. The van der Waals surface area contributed by atoms with Gasteiger partial charge in [-0.1, -0.05) is 36.4 Å². The van der Waals surface area contributed by atoms with Crippen LogP contribution in [0.4, 0.5) is 18.9 Å². The van der Waals surface area contributed by atoms with Gasteiger partial charge in [0.25, 0.3) is 5.91 Å². The van der Waals surface area contributed by atoms with Crippen molar-refractivity contribution >= 4 is 23.5 Å². The number of aryl methyl sites for hydroxylation is 2. The van der Waals surface area contributed by atoms with E-state index in [-0.39, 0.29) is 12.1 Å². The molecule has 0 atom stereocenters. The third-order valence-corrected chi connectivity index (χ3v) is 4.51. The van der Waals surface area contributed by atoms with Crippen molar-refractivity contribution in [2.75, 3.05) is 25.5 Å². The van der Waals surface area contributed by atoms with Crippen molar-refractivity contribution in [3.8, 4) is 0 Å². The number of nitrogens with one attached hydrogen (secondary N) is 1. The van der Waals surface area contributed by atoms with Crippen molar-refractivity contribution in [1.82, 2.24) is 4.90 Å². The average molecular weight is 436 g/mol. The number of esters is 1. The molecule has 9 heteroatoms. The SMILES string of the molecule is Cc1cccc(C)c1NC(=O)CN(C)C(=O)COC(=O)Cc1cccc(C(F)(F)F)c1. The first-order valence-corrected chi connectivity index (χ1v) is 9.39. The third kappa shape index (κ3) is 7.13. The van der Waals surface area contributed by atoms with Crippen molar-refractivity contribution < 1.29 is 32.3 Å². The van der Waals surface area contributed by atoms with Crippen LogP contribution in [0.1, 0.15) is 22.3 Å². The van der Waals surface area contributed by atoms with Crippen molar-refractivity contribution in [2.45, 2.75) is 26.4 Å². The molecule has 0 bridgehead atoms. The Bertz CT molecular complexity index is 953. The lowest BCUT2D eigenvalue weighted by Gasteiger charge is -2.18. The number of hydrogen-bond donors (Lipinski definition) is 1. The summed E-state index contributed by atoms with van der Waals surface area (Å²) < 4.78 is 43.1.